The van der Waals surface area contributed by atoms with Crippen molar-refractivity contribution in [2.75, 3.05) is 68.9 Å². The molecule has 1 aliphatic heterocycles. The Morgan fingerprint density at radius 1 is 1.21 bits per heavy atom. The van der Waals surface area contributed by atoms with Gasteiger partial charge in [0.2, 0.25) is 15.9 Å². The Hall–Kier alpha value is -2.37. The first kappa shape index (κ1) is 22.9. The molecule has 1 fully saturated rings. The lowest BCUT2D eigenvalue weighted by atomic mass is 10.1. The van der Waals surface area contributed by atoms with Crippen molar-refractivity contribution >= 4 is 33.3 Å². The number of anilines is 2. The third-order valence-electron chi connectivity index (χ3n) is 4.48. The van der Waals surface area contributed by atoms with E-state index >= 15 is 0 Å². The summed E-state index contributed by atoms with van der Waals surface area (Å²) in [5.74, 6) is -1.24. The molecule has 0 aromatic heterocycles. The average molecular weight is 429 g/mol. The fraction of sp³-hybridized carbons (Fsp3) is 0.556. The first-order chi connectivity index (χ1) is 13.7. The monoisotopic (exact) mass is 428 g/mol. The van der Waals surface area contributed by atoms with Crippen LogP contribution in [0, 0.1) is 0 Å². The summed E-state index contributed by atoms with van der Waals surface area (Å²) < 4.78 is 30.0. The summed E-state index contributed by atoms with van der Waals surface area (Å²) >= 11 is 0. The second-order valence-electron chi connectivity index (χ2n) is 6.87. The van der Waals surface area contributed by atoms with Crippen molar-refractivity contribution in [3.63, 3.8) is 0 Å². The van der Waals surface area contributed by atoms with Crippen LogP contribution in [0.2, 0.25) is 0 Å². The maximum absolute atomic E-state index is 12.0. The molecule has 29 heavy (non-hydrogen) atoms. The molecule has 11 heteroatoms. The maximum Gasteiger partial charge on any atom is 0.337 e. The van der Waals surface area contributed by atoms with E-state index in [0.29, 0.717) is 51.6 Å². The number of methoxy groups -OCH3 is 1. The molecular formula is C18H28N4O6S. The molecule has 0 bridgehead atoms. The van der Waals surface area contributed by atoms with Gasteiger partial charge in [-0.2, -0.15) is 0 Å². The Morgan fingerprint density at radius 2 is 1.90 bits per heavy atom. The minimum absolute atomic E-state index is 0.0288. The van der Waals surface area contributed by atoms with Crippen LogP contribution < -0.4 is 14.9 Å². The van der Waals surface area contributed by atoms with E-state index in [9.17, 15) is 23.1 Å². The first-order valence-corrected chi connectivity index (χ1v) is 11.2. The van der Waals surface area contributed by atoms with E-state index in [1.54, 1.807) is 13.2 Å². The van der Waals surface area contributed by atoms with Crippen LogP contribution in [0.1, 0.15) is 16.8 Å². The van der Waals surface area contributed by atoms with Crippen LogP contribution in [0.25, 0.3) is 0 Å². The average Bonchev–Trinajstić information content (AvgIpc) is 2.65. The Labute approximate surface area is 170 Å². The van der Waals surface area contributed by atoms with Gasteiger partial charge in [-0.3, -0.25) is 14.4 Å². The molecule has 1 aromatic rings. The van der Waals surface area contributed by atoms with E-state index in [1.165, 1.54) is 12.1 Å². The number of aromatic carboxylic acids is 1. The highest BCUT2D eigenvalue weighted by Crippen LogP contribution is 2.25. The van der Waals surface area contributed by atoms with Crippen molar-refractivity contribution in [2.24, 2.45) is 0 Å². The summed E-state index contributed by atoms with van der Waals surface area (Å²) in [5.41, 5.74) is 0.628. The minimum Gasteiger partial charge on any atom is -0.478 e. The Bertz CT molecular complexity index is 822. The number of nitrogens with one attached hydrogen (secondary N) is 2. The molecule has 0 spiro atoms. The summed E-state index contributed by atoms with van der Waals surface area (Å²) in [6.45, 7) is 4.10. The second-order valence-corrected chi connectivity index (χ2v) is 8.62. The number of hydrogen-bond donors (Lipinski definition) is 3. The van der Waals surface area contributed by atoms with Gasteiger partial charge in [-0.1, -0.05) is 0 Å². The van der Waals surface area contributed by atoms with Crippen LogP contribution in [0.15, 0.2) is 18.2 Å². The van der Waals surface area contributed by atoms with Gasteiger partial charge in [0, 0.05) is 52.1 Å². The van der Waals surface area contributed by atoms with Gasteiger partial charge in [-0.15, -0.1) is 0 Å². The van der Waals surface area contributed by atoms with Gasteiger partial charge in [-0.05, 0) is 24.6 Å². The lowest BCUT2D eigenvalue weighted by Gasteiger charge is -2.36. The Balaban J connectivity index is 1.92. The molecule has 0 saturated carbocycles. The number of carboxylic acid groups (broad SMARTS) is 1. The quantitative estimate of drug-likeness (QED) is 0.446. The summed E-state index contributed by atoms with van der Waals surface area (Å²) in [5, 5.41) is 12.3. The fourth-order valence-electron chi connectivity index (χ4n) is 3.06. The molecule has 0 atom stereocenters. The molecule has 1 amide bonds. The second kappa shape index (κ2) is 10.4. The first-order valence-electron chi connectivity index (χ1n) is 9.27. The van der Waals surface area contributed by atoms with E-state index in [1.807, 2.05) is 9.80 Å². The molecule has 162 valence electrons. The number of carbonyl (C=O) groups excluding carboxylic acids is 1. The number of rotatable bonds is 10. The maximum atomic E-state index is 12.0. The number of nitrogens with zero attached hydrogens (tertiary/aromatic N) is 2. The van der Waals surface area contributed by atoms with Gasteiger partial charge >= 0.3 is 5.97 Å². The zero-order chi connectivity index (χ0) is 21.4. The minimum atomic E-state index is -3.58. The number of piperazine rings is 1. The predicted molar refractivity (Wildman–Crippen MR) is 110 cm³/mol. The van der Waals surface area contributed by atoms with Crippen molar-refractivity contribution in [3.05, 3.63) is 23.8 Å². The van der Waals surface area contributed by atoms with Crippen molar-refractivity contribution in [3.8, 4) is 0 Å². The molecule has 1 saturated heterocycles. The van der Waals surface area contributed by atoms with Crippen molar-refractivity contribution < 1.29 is 27.9 Å². The smallest absolute Gasteiger partial charge is 0.337 e. The third kappa shape index (κ3) is 7.52. The summed E-state index contributed by atoms with van der Waals surface area (Å²) in [6.07, 6.45) is 1.74. The van der Waals surface area contributed by atoms with E-state index in [2.05, 4.69) is 10.0 Å². The molecule has 3 N–H and O–H groups in total. The number of carboxylic acids is 1. The molecule has 0 radical (unpaired) electrons. The third-order valence-corrected chi connectivity index (χ3v) is 5.07. The summed E-state index contributed by atoms with van der Waals surface area (Å²) in [4.78, 5) is 27.6. The van der Waals surface area contributed by atoms with Crippen LogP contribution in [0.5, 0.6) is 0 Å². The SMILES string of the molecule is COCCCNC(=O)CN1CCN(c2ccc(NS(C)(=O)=O)c(C(=O)O)c2)CC1. The molecule has 1 aromatic carbocycles. The summed E-state index contributed by atoms with van der Waals surface area (Å²) in [7, 11) is -1.96. The normalized spacial score (nSPS) is 15.2. The Morgan fingerprint density at radius 3 is 2.48 bits per heavy atom. The van der Waals surface area contributed by atoms with Crippen LogP contribution in [0.3, 0.4) is 0 Å². The van der Waals surface area contributed by atoms with E-state index < -0.39 is 16.0 Å². The number of sulfonamides is 1. The van der Waals surface area contributed by atoms with Crippen LogP contribution in [0.4, 0.5) is 11.4 Å². The lowest BCUT2D eigenvalue weighted by Crippen LogP contribution is -2.49. The molecule has 0 unspecified atom stereocenters. The van der Waals surface area contributed by atoms with Crippen molar-refractivity contribution in [2.45, 2.75) is 6.42 Å². The highest BCUT2D eigenvalue weighted by atomic mass is 32.2. The van der Waals surface area contributed by atoms with Crippen molar-refractivity contribution in [1.82, 2.24) is 10.2 Å². The highest BCUT2D eigenvalue weighted by molar-refractivity contribution is 7.92. The Kier molecular flexibility index (Phi) is 8.23. The number of benzene rings is 1. The van der Waals surface area contributed by atoms with E-state index in [0.717, 1.165) is 12.7 Å². The highest BCUT2D eigenvalue weighted by Gasteiger charge is 2.21. The number of amides is 1. The van der Waals surface area contributed by atoms with Crippen LogP contribution in [-0.4, -0.2) is 89.5 Å². The van der Waals surface area contributed by atoms with Gasteiger partial charge in [-0.25, -0.2) is 13.2 Å². The topological polar surface area (TPSA) is 128 Å². The molecule has 2 rings (SSSR count). The van der Waals surface area contributed by atoms with Crippen LogP contribution in [-0.2, 0) is 19.6 Å². The largest absolute Gasteiger partial charge is 0.478 e. The fourth-order valence-corrected chi connectivity index (χ4v) is 3.64. The van der Waals surface area contributed by atoms with Crippen molar-refractivity contribution in [1.29, 1.82) is 0 Å². The number of ether oxygens (including phenoxy) is 1. The van der Waals surface area contributed by atoms with Gasteiger partial charge in [0.25, 0.3) is 0 Å². The zero-order valence-electron chi connectivity index (χ0n) is 16.7. The molecule has 10 nitrogen and oxygen atoms in total. The van der Waals surface area contributed by atoms with Gasteiger partial charge in [0.05, 0.1) is 24.1 Å². The predicted octanol–water partition coefficient (Wildman–Crippen LogP) is 0.0310. The standard InChI is InChI=1S/C18H28N4O6S/c1-28-11-3-6-19-17(23)13-21-7-9-22(10-8-21)14-4-5-16(20-29(2,26)27)15(12-14)18(24)25/h4-5,12,20H,3,6-11,13H2,1-2H3,(H,19,23)(H,24,25). The molecule has 1 aliphatic rings. The molecule has 1 heterocycles. The summed E-state index contributed by atoms with van der Waals surface area (Å²) in [6, 6.07) is 4.62. The number of hydrogen-bond acceptors (Lipinski definition) is 7. The lowest BCUT2D eigenvalue weighted by molar-refractivity contribution is -0.122. The zero-order valence-corrected chi connectivity index (χ0v) is 17.5. The van der Waals surface area contributed by atoms with Gasteiger partial charge in [0.1, 0.15) is 0 Å². The van der Waals surface area contributed by atoms with Gasteiger partial charge in [0.15, 0.2) is 0 Å². The van der Waals surface area contributed by atoms with Crippen LogP contribution >= 0.6 is 0 Å². The van der Waals surface area contributed by atoms with E-state index in [-0.39, 0.29) is 17.2 Å². The molecular weight excluding hydrogens is 400 g/mol. The van der Waals surface area contributed by atoms with E-state index in [4.69, 9.17) is 4.74 Å². The van der Waals surface area contributed by atoms with Gasteiger partial charge < -0.3 is 20.1 Å². The number of carbonyl (C=O) groups is 2. The molecule has 0 aliphatic carbocycles.